The SMILES string of the molecule is c1cc(-c2ccc(-n3ccc4ccccc43)cc2)cc(-n2ccc3ccccc32)c1. The first kappa shape index (κ1) is 16.9. The lowest BCUT2D eigenvalue weighted by Gasteiger charge is -2.10. The predicted octanol–water partition coefficient (Wildman–Crippen LogP) is 7.24. The van der Waals surface area contributed by atoms with E-state index in [0.717, 1.165) is 0 Å². The van der Waals surface area contributed by atoms with Crippen molar-refractivity contribution in [3.05, 3.63) is 122 Å². The summed E-state index contributed by atoms with van der Waals surface area (Å²) < 4.78 is 4.49. The number of benzene rings is 4. The molecule has 0 atom stereocenters. The third-order valence-electron chi connectivity index (χ3n) is 5.80. The summed E-state index contributed by atoms with van der Waals surface area (Å²) in [5.74, 6) is 0. The van der Waals surface area contributed by atoms with Crippen LogP contribution in [0.15, 0.2) is 122 Å². The molecule has 6 rings (SSSR count). The lowest BCUT2D eigenvalue weighted by atomic mass is 10.0. The summed E-state index contributed by atoms with van der Waals surface area (Å²) in [5, 5.41) is 2.51. The van der Waals surface area contributed by atoms with Crippen molar-refractivity contribution in [2.24, 2.45) is 0 Å². The van der Waals surface area contributed by atoms with E-state index in [1.165, 1.54) is 44.3 Å². The molecule has 0 saturated heterocycles. The van der Waals surface area contributed by atoms with Gasteiger partial charge < -0.3 is 9.13 Å². The molecule has 2 nitrogen and oxygen atoms in total. The lowest BCUT2D eigenvalue weighted by Crippen LogP contribution is -1.93. The number of hydrogen-bond donors (Lipinski definition) is 0. The first-order valence-electron chi connectivity index (χ1n) is 10.2. The maximum Gasteiger partial charge on any atom is 0.0528 e. The van der Waals surface area contributed by atoms with Gasteiger partial charge in [0, 0.05) is 23.8 Å². The van der Waals surface area contributed by atoms with E-state index in [4.69, 9.17) is 0 Å². The van der Waals surface area contributed by atoms with Crippen molar-refractivity contribution >= 4 is 21.8 Å². The second-order valence-electron chi connectivity index (χ2n) is 7.59. The molecule has 0 bridgehead atoms. The van der Waals surface area contributed by atoms with Gasteiger partial charge in [-0.15, -0.1) is 0 Å². The number of rotatable bonds is 3. The van der Waals surface area contributed by atoms with Gasteiger partial charge in [0.05, 0.1) is 11.0 Å². The topological polar surface area (TPSA) is 9.86 Å². The lowest BCUT2D eigenvalue weighted by molar-refractivity contribution is 1.12. The van der Waals surface area contributed by atoms with Crippen molar-refractivity contribution in [2.75, 3.05) is 0 Å². The van der Waals surface area contributed by atoms with Crippen molar-refractivity contribution in [3.63, 3.8) is 0 Å². The smallest absolute Gasteiger partial charge is 0.0528 e. The highest BCUT2D eigenvalue weighted by Gasteiger charge is 2.06. The maximum atomic E-state index is 2.26. The first-order chi connectivity index (χ1) is 14.9. The Labute approximate surface area is 175 Å². The fraction of sp³-hybridized carbons (Fsp3) is 0. The van der Waals surface area contributed by atoms with Crippen LogP contribution < -0.4 is 0 Å². The number of hydrogen-bond acceptors (Lipinski definition) is 0. The van der Waals surface area contributed by atoms with Crippen LogP contribution in [0.5, 0.6) is 0 Å². The molecule has 4 aromatic carbocycles. The summed E-state index contributed by atoms with van der Waals surface area (Å²) in [6.45, 7) is 0. The highest BCUT2D eigenvalue weighted by molar-refractivity contribution is 5.83. The molecule has 0 spiro atoms. The van der Waals surface area contributed by atoms with Gasteiger partial charge in [-0.05, 0) is 70.4 Å². The Balaban J connectivity index is 1.38. The van der Waals surface area contributed by atoms with E-state index < -0.39 is 0 Å². The average Bonchev–Trinajstić information content (AvgIpc) is 3.44. The Morgan fingerprint density at radius 3 is 1.67 bits per heavy atom. The van der Waals surface area contributed by atoms with Crippen LogP contribution in [0.2, 0.25) is 0 Å². The number of para-hydroxylation sites is 2. The monoisotopic (exact) mass is 384 g/mol. The van der Waals surface area contributed by atoms with Gasteiger partial charge in [0.2, 0.25) is 0 Å². The van der Waals surface area contributed by atoms with E-state index in [-0.39, 0.29) is 0 Å². The Morgan fingerprint density at radius 2 is 1.00 bits per heavy atom. The van der Waals surface area contributed by atoms with Gasteiger partial charge in [0.15, 0.2) is 0 Å². The highest BCUT2D eigenvalue weighted by atomic mass is 15.0. The van der Waals surface area contributed by atoms with Gasteiger partial charge in [-0.3, -0.25) is 0 Å². The fourth-order valence-corrected chi connectivity index (χ4v) is 4.27. The van der Waals surface area contributed by atoms with E-state index in [9.17, 15) is 0 Å². The standard InChI is InChI=1S/C28H20N2/c1-3-10-27-22(6-1)16-18-29(27)25-14-12-21(13-15-25)24-8-5-9-26(20-24)30-19-17-23-7-2-4-11-28(23)30/h1-20H. The highest BCUT2D eigenvalue weighted by Crippen LogP contribution is 2.27. The van der Waals surface area contributed by atoms with Crippen LogP contribution >= 0.6 is 0 Å². The van der Waals surface area contributed by atoms with Gasteiger partial charge in [-0.2, -0.15) is 0 Å². The average molecular weight is 384 g/mol. The molecule has 0 saturated carbocycles. The maximum absolute atomic E-state index is 2.26. The molecule has 2 heteroatoms. The fourth-order valence-electron chi connectivity index (χ4n) is 4.27. The van der Waals surface area contributed by atoms with E-state index in [1.54, 1.807) is 0 Å². The summed E-state index contributed by atoms with van der Waals surface area (Å²) in [4.78, 5) is 0. The second kappa shape index (κ2) is 6.78. The molecule has 142 valence electrons. The molecular formula is C28H20N2. The van der Waals surface area contributed by atoms with Crippen LogP contribution in [0.1, 0.15) is 0 Å². The normalized spacial score (nSPS) is 11.3. The minimum absolute atomic E-state index is 1.17. The molecule has 2 aromatic heterocycles. The van der Waals surface area contributed by atoms with Crippen molar-refractivity contribution in [1.82, 2.24) is 9.13 Å². The molecule has 0 unspecified atom stereocenters. The van der Waals surface area contributed by atoms with Crippen LogP contribution in [-0.2, 0) is 0 Å². The van der Waals surface area contributed by atoms with E-state index in [0.29, 0.717) is 0 Å². The molecule has 6 aromatic rings. The van der Waals surface area contributed by atoms with Crippen LogP contribution in [0.4, 0.5) is 0 Å². The molecule has 0 aliphatic heterocycles. The summed E-state index contributed by atoms with van der Waals surface area (Å²) in [6.07, 6.45) is 4.28. The van der Waals surface area contributed by atoms with Crippen LogP contribution in [-0.4, -0.2) is 9.13 Å². The third-order valence-corrected chi connectivity index (χ3v) is 5.80. The molecular weight excluding hydrogens is 364 g/mol. The van der Waals surface area contributed by atoms with E-state index in [1.807, 2.05) is 0 Å². The van der Waals surface area contributed by atoms with Crippen molar-refractivity contribution in [2.45, 2.75) is 0 Å². The molecule has 0 N–H and O–H groups in total. The Morgan fingerprint density at radius 1 is 0.400 bits per heavy atom. The molecule has 2 heterocycles. The van der Waals surface area contributed by atoms with E-state index in [2.05, 4.69) is 131 Å². The van der Waals surface area contributed by atoms with E-state index >= 15 is 0 Å². The number of nitrogens with zero attached hydrogens (tertiary/aromatic N) is 2. The summed E-state index contributed by atoms with van der Waals surface area (Å²) >= 11 is 0. The molecule has 30 heavy (non-hydrogen) atoms. The van der Waals surface area contributed by atoms with Crippen LogP contribution in [0, 0.1) is 0 Å². The summed E-state index contributed by atoms with van der Waals surface area (Å²) in [6, 6.07) is 38.8. The van der Waals surface area contributed by atoms with Crippen molar-refractivity contribution in [3.8, 4) is 22.5 Å². The van der Waals surface area contributed by atoms with Gasteiger partial charge in [-0.25, -0.2) is 0 Å². The zero-order valence-corrected chi connectivity index (χ0v) is 16.4. The summed E-state index contributed by atoms with van der Waals surface area (Å²) in [5.41, 5.74) is 7.24. The van der Waals surface area contributed by atoms with Crippen molar-refractivity contribution < 1.29 is 0 Å². The number of aromatic nitrogens is 2. The minimum atomic E-state index is 1.17. The summed E-state index contributed by atoms with van der Waals surface area (Å²) in [7, 11) is 0. The van der Waals surface area contributed by atoms with Crippen molar-refractivity contribution in [1.29, 1.82) is 0 Å². The Bertz CT molecular complexity index is 1480. The largest absolute Gasteiger partial charge is 0.317 e. The second-order valence-corrected chi connectivity index (χ2v) is 7.59. The first-order valence-corrected chi connectivity index (χ1v) is 10.2. The Kier molecular flexibility index (Phi) is 3.82. The zero-order chi connectivity index (χ0) is 19.9. The van der Waals surface area contributed by atoms with Gasteiger partial charge in [0.1, 0.15) is 0 Å². The zero-order valence-electron chi connectivity index (χ0n) is 16.4. The third kappa shape index (κ3) is 2.73. The molecule has 0 aliphatic carbocycles. The molecule has 0 aliphatic rings. The quantitative estimate of drug-likeness (QED) is 0.304. The molecule has 0 radical (unpaired) electrons. The van der Waals surface area contributed by atoms with Gasteiger partial charge in [-0.1, -0.05) is 60.7 Å². The van der Waals surface area contributed by atoms with Crippen LogP contribution in [0.25, 0.3) is 44.3 Å². The van der Waals surface area contributed by atoms with Gasteiger partial charge in [0.25, 0.3) is 0 Å². The predicted molar refractivity (Wildman–Crippen MR) is 126 cm³/mol. The Hall–Kier alpha value is -4.04. The molecule has 0 amide bonds. The minimum Gasteiger partial charge on any atom is -0.317 e. The molecule has 0 fully saturated rings. The number of fused-ring (bicyclic) bond motifs is 2. The van der Waals surface area contributed by atoms with Gasteiger partial charge >= 0.3 is 0 Å². The van der Waals surface area contributed by atoms with Crippen LogP contribution in [0.3, 0.4) is 0 Å².